The van der Waals surface area contributed by atoms with Gasteiger partial charge in [-0.1, -0.05) is 13.0 Å². The number of carboxylic acid groups (broad SMARTS) is 1. The summed E-state index contributed by atoms with van der Waals surface area (Å²) in [5, 5.41) is 10.1. The summed E-state index contributed by atoms with van der Waals surface area (Å²) in [6, 6.07) is 3.78. The number of imide groups is 1. The molecule has 3 rings (SSSR count). The van der Waals surface area contributed by atoms with Crippen molar-refractivity contribution in [2.24, 2.45) is 11.8 Å². The van der Waals surface area contributed by atoms with Crippen LogP contribution in [0.4, 0.5) is 9.59 Å². The monoisotopic (exact) mass is 514 g/mol. The first-order valence-electron chi connectivity index (χ1n) is 12.5. The normalized spacial score (nSPS) is 20.2. The number of hydrogen-bond donors (Lipinski definition) is 1. The zero-order chi connectivity index (χ0) is 27.8. The molecule has 10 nitrogen and oxygen atoms in total. The molecule has 0 bridgehead atoms. The van der Waals surface area contributed by atoms with E-state index in [-0.39, 0.29) is 18.4 Å². The van der Waals surface area contributed by atoms with E-state index in [1.54, 1.807) is 64.8 Å². The van der Waals surface area contributed by atoms with Gasteiger partial charge in [-0.15, -0.1) is 0 Å². The van der Waals surface area contributed by atoms with E-state index < -0.39 is 34.8 Å². The highest BCUT2D eigenvalue weighted by Gasteiger charge is 2.63. The SMILES string of the molecule is Cc1ccc(-n2cnc([C@@]3(C(=O)O)C[C@@H]3C[C@@H](C)CN(C(=O)OC(C)(C)C)C(=O)OC(C)(C)C)c2)nc1. The molecule has 2 aromatic rings. The van der Waals surface area contributed by atoms with Crippen molar-refractivity contribution in [1.82, 2.24) is 19.4 Å². The predicted octanol–water partition coefficient (Wildman–Crippen LogP) is 5.12. The molecule has 202 valence electrons. The van der Waals surface area contributed by atoms with Crippen molar-refractivity contribution in [2.45, 2.75) is 84.8 Å². The number of pyridine rings is 1. The number of aromatic nitrogens is 3. The minimum Gasteiger partial charge on any atom is -0.481 e. The van der Waals surface area contributed by atoms with Crippen molar-refractivity contribution in [3.63, 3.8) is 0 Å². The van der Waals surface area contributed by atoms with Crippen molar-refractivity contribution in [3.8, 4) is 5.82 Å². The van der Waals surface area contributed by atoms with E-state index in [1.807, 2.05) is 26.0 Å². The molecule has 1 N–H and O–H groups in total. The molecule has 1 aliphatic carbocycles. The minimum atomic E-state index is -1.12. The average Bonchev–Trinajstić information content (AvgIpc) is 3.24. The van der Waals surface area contributed by atoms with Gasteiger partial charge in [-0.05, 0) is 84.8 Å². The van der Waals surface area contributed by atoms with Crippen molar-refractivity contribution in [2.75, 3.05) is 6.54 Å². The molecule has 2 amide bonds. The largest absolute Gasteiger partial charge is 0.481 e. The van der Waals surface area contributed by atoms with Crippen LogP contribution in [0.3, 0.4) is 0 Å². The first-order valence-corrected chi connectivity index (χ1v) is 12.5. The van der Waals surface area contributed by atoms with Crippen molar-refractivity contribution >= 4 is 18.2 Å². The molecule has 0 saturated heterocycles. The Morgan fingerprint density at radius 2 is 1.70 bits per heavy atom. The van der Waals surface area contributed by atoms with Gasteiger partial charge in [-0.2, -0.15) is 0 Å². The molecule has 1 aliphatic rings. The molecule has 1 fully saturated rings. The maximum Gasteiger partial charge on any atom is 0.419 e. The van der Waals surface area contributed by atoms with E-state index in [4.69, 9.17) is 9.47 Å². The Morgan fingerprint density at radius 1 is 1.11 bits per heavy atom. The summed E-state index contributed by atoms with van der Waals surface area (Å²) < 4.78 is 12.6. The number of carbonyl (C=O) groups is 3. The Morgan fingerprint density at radius 3 is 2.19 bits per heavy atom. The van der Waals surface area contributed by atoms with Crippen molar-refractivity contribution < 1.29 is 29.0 Å². The Bertz CT molecular complexity index is 1120. The molecule has 37 heavy (non-hydrogen) atoms. The number of carbonyl (C=O) groups excluding carboxylic acids is 2. The number of nitrogens with zero attached hydrogens (tertiary/aromatic N) is 4. The number of aliphatic carboxylic acids is 1. The van der Waals surface area contributed by atoms with Crippen molar-refractivity contribution in [3.05, 3.63) is 42.1 Å². The van der Waals surface area contributed by atoms with Crippen LogP contribution in [0, 0.1) is 18.8 Å². The second kappa shape index (κ2) is 10.1. The van der Waals surface area contributed by atoms with Gasteiger partial charge < -0.3 is 14.6 Å². The fourth-order valence-electron chi connectivity index (χ4n) is 4.32. The van der Waals surface area contributed by atoms with Crippen LogP contribution in [0.15, 0.2) is 30.9 Å². The zero-order valence-electron chi connectivity index (χ0n) is 22.9. The highest BCUT2D eigenvalue weighted by molar-refractivity contribution is 5.88. The summed E-state index contributed by atoms with van der Waals surface area (Å²) in [4.78, 5) is 47.8. The number of imidazole rings is 1. The van der Waals surface area contributed by atoms with Gasteiger partial charge in [0.05, 0.1) is 5.69 Å². The number of hydrogen-bond acceptors (Lipinski definition) is 7. The molecule has 3 atom stereocenters. The van der Waals surface area contributed by atoms with E-state index >= 15 is 0 Å². The summed E-state index contributed by atoms with van der Waals surface area (Å²) in [5.41, 5.74) is -1.21. The highest BCUT2D eigenvalue weighted by atomic mass is 16.6. The van der Waals surface area contributed by atoms with Gasteiger partial charge in [0, 0.05) is 18.9 Å². The molecule has 2 aromatic heterocycles. The summed E-state index contributed by atoms with van der Waals surface area (Å²) in [7, 11) is 0. The van der Waals surface area contributed by atoms with Crippen LogP contribution in [0.1, 0.15) is 72.6 Å². The lowest BCUT2D eigenvalue weighted by Gasteiger charge is -2.30. The molecule has 0 unspecified atom stereocenters. The highest BCUT2D eigenvalue weighted by Crippen LogP contribution is 2.57. The number of rotatable bonds is 7. The summed E-state index contributed by atoms with van der Waals surface area (Å²) in [6.45, 7) is 14.2. The molecule has 1 saturated carbocycles. The van der Waals surface area contributed by atoms with E-state index in [0.29, 0.717) is 24.4 Å². The van der Waals surface area contributed by atoms with Crippen LogP contribution in [-0.2, 0) is 19.7 Å². The van der Waals surface area contributed by atoms with E-state index in [2.05, 4.69) is 9.97 Å². The van der Waals surface area contributed by atoms with Crippen LogP contribution in [0.2, 0.25) is 0 Å². The standard InChI is InChI=1S/C27H38N4O6/c1-17-9-10-21(28-13-17)30-15-20(29-16-30)27(22(32)33)12-19(27)11-18(2)14-31(23(34)36-25(3,4)5)24(35)37-26(6,7)8/h9-10,13,15-16,18-19H,11-12,14H2,1-8H3,(H,32,33)/t18-,19+,27-/m1/s1. The smallest absolute Gasteiger partial charge is 0.419 e. The Kier molecular flexibility index (Phi) is 7.72. The molecular formula is C27H38N4O6. The van der Waals surface area contributed by atoms with Gasteiger partial charge in [0.15, 0.2) is 0 Å². The Balaban J connectivity index is 1.74. The lowest BCUT2D eigenvalue weighted by atomic mass is 9.94. The predicted molar refractivity (Wildman–Crippen MR) is 136 cm³/mol. The van der Waals surface area contributed by atoms with Crippen LogP contribution in [0.25, 0.3) is 5.82 Å². The Hall–Kier alpha value is -3.43. The number of carboxylic acids is 1. The van der Waals surface area contributed by atoms with Crippen LogP contribution < -0.4 is 0 Å². The summed E-state index contributed by atoms with van der Waals surface area (Å²) in [6.07, 6.45) is 4.34. The third-order valence-corrected chi connectivity index (χ3v) is 6.10. The lowest BCUT2D eigenvalue weighted by molar-refractivity contribution is -0.140. The second-order valence-corrected chi connectivity index (χ2v) is 11.9. The molecule has 0 aromatic carbocycles. The van der Waals surface area contributed by atoms with Gasteiger partial charge in [-0.3, -0.25) is 9.36 Å². The van der Waals surface area contributed by atoms with Crippen LogP contribution in [-0.4, -0.2) is 60.4 Å². The first kappa shape index (κ1) is 28.1. The van der Waals surface area contributed by atoms with Gasteiger partial charge in [0.25, 0.3) is 0 Å². The average molecular weight is 515 g/mol. The fraction of sp³-hybridized carbons (Fsp3) is 0.593. The first-order chi connectivity index (χ1) is 17.0. The van der Waals surface area contributed by atoms with Gasteiger partial charge in [-0.25, -0.2) is 24.5 Å². The minimum absolute atomic E-state index is 0.0394. The summed E-state index contributed by atoms with van der Waals surface area (Å²) >= 11 is 0. The van der Waals surface area contributed by atoms with Gasteiger partial charge >= 0.3 is 18.2 Å². The second-order valence-electron chi connectivity index (χ2n) is 11.9. The zero-order valence-corrected chi connectivity index (χ0v) is 22.9. The van der Waals surface area contributed by atoms with Crippen molar-refractivity contribution in [1.29, 1.82) is 0 Å². The maximum absolute atomic E-state index is 12.8. The quantitative estimate of drug-likeness (QED) is 0.540. The third kappa shape index (κ3) is 6.87. The van der Waals surface area contributed by atoms with E-state index in [1.165, 1.54) is 0 Å². The fourth-order valence-corrected chi connectivity index (χ4v) is 4.32. The topological polar surface area (TPSA) is 124 Å². The number of aryl methyl sites for hydroxylation is 1. The van der Waals surface area contributed by atoms with Crippen LogP contribution in [0.5, 0.6) is 0 Å². The summed E-state index contributed by atoms with van der Waals surface area (Å²) in [5.74, 6) is -0.690. The molecule has 0 radical (unpaired) electrons. The number of amides is 2. The van der Waals surface area contributed by atoms with E-state index in [0.717, 1.165) is 10.5 Å². The van der Waals surface area contributed by atoms with E-state index in [9.17, 15) is 19.5 Å². The lowest BCUT2D eigenvalue weighted by Crippen LogP contribution is -2.45. The maximum atomic E-state index is 12.8. The van der Waals surface area contributed by atoms with Crippen LogP contribution >= 0.6 is 0 Å². The molecule has 0 aliphatic heterocycles. The molecule has 10 heteroatoms. The van der Waals surface area contributed by atoms with Gasteiger partial charge in [0.1, 0.15) is 28.8 Å². The number of ether oxygens (including phenoxy) is 2. The molecular weight excluding hydrogens is 476 g/mol. The molecule has 0 spiro atoms. The Labute approximate surface area is 218 Å². The third-order valence-electron chi connectivity index (χ3n) is 6.10. The molecule has 2 heterocycles. The van der Waals surface area contributed by atoms with Gasteiger partial charge in [0.2, 0.25) is 0 Å².